The summed E-state index contributed by atoms with van der Waals surface area (Å²) >= 11 is 12.1. The summed E-state index contributed by atoms with van der Waals surface area (Å²) in [6.07, 6.45) is 0. The Morgan fingerprint density at radius 2 is 1.58 bits per heavy atom. The Bertz CT molecular complexity index is 833. The van der Waals surface area contributed by atoms with Crippen LogP contribution in [0.4, 0.5) is 23.1 Å². The van der Waals surface area contributed by atoms with Gasteiger partial charge in [0.25, 0.3) is 0 Å². The summed E-state index contributed by atoms with van der Waals surface area (Å²) in [4.78, 5) is 11.0. The number of nitrogens with one attached hydrogen (secondary N) is 1. The predicted molar refractivity (Wildman–Crippen MR) is 101 cm³/mol. The Balaban J connectivity index is 1.91. The van der Waals surface area contributed by atoms with E-state index in [1.165, 1.54) is 0 Å². The maximum absolute atomic E-state index is 6.04. The zero-order valence-electron chi connectivity index (χ0n) is 13.3. The molecule has 0 unspecified atom stereocenters. The third-order valence-electron chi connectivity index (χ3n) is 3.42. The van der Waals surface area contributed by atoms with Gasteiger partial charge < -0.3 is 10.2 Å². The van der Waals surface area contributed by atoms with Crippen molar-refractivity contribution in [1.29, 1.82) is 0 Å². The molecule has 122 valence electrons. The van der Waals surface area contributed by atoms with Crippen LogP contribution in [0.25, 0.3) is 0 Å². The quantitative estimate of drug-likeness (QED) is 0.658. The lowest BCUT2D eigenvalue weighted by Gasteiger charge is -2.18. The summed E-state index contributed by atoms with van der Waals surface area (Å²) in [5.41, 5.74) is 2.65. The van der Waals surface area contributed by atoms with E-state index in [-0.39, 0.29) is 0 Å². The molecule has 0 saturated carbocycles. The standard InChI is InChI=1S/C18H16Cl2N4/c1-12-8-17(22-15-10-13(19)9-14(20)11-15)23-18(21-12)24(2)16-6-4-3-5-7-16/h3-11H,1-2H3,(H,21,22,23). The summed E-state index contributed by atoms with van der Waals surface area (Å²) in [6, 6.07) is 17.1. The number of para-hydroxylation sites is 1. The first-order chi connectivity index (χ1) is 11.5. The Hall–Kier alpha value is -2.30. The lowest BCUT2D eigenvalue weighted by atomic mass is 10.3. The second kappa shape index (κ2) is 7.07. The van der Waals surface area contributed by atoms with E-state index in [0.29, 0.717) is 21.8 Å². The SMILES string of the molecule is Cc1cc(Nc2cc(Cl)cc(Cl)c2)nc(N(C)c2ccccc2)n1. The van der Waals surface area contributed by atoms with Gasteiger partial charge in [-0.25, -0.2) is 4.98 Å². The van der Waals surface area contributed by atoms with Crippen molar-refractivity contribution in [2.24, 2.45) is 0 Å². The first-order valence-electron chi connectivity index (χ1n) is 7.39. The van der Waals surface area contributed by atoms with Gasteiger partial charge in [0.1, 0.15) is 5.82 Å². The molecular weight excluding hydrogens is 343 g/mol. The van der Waals surface area contributed by atoms with E-state index in [4.69, 9.17) is 23.2 Å². The van der Waals surface area contributed by atoms with Crippen LogP contribution < -0.4 is 10.2 Å². The van der Waals surface area contributed by atoms with Gasteiger partial charge in [-0.05, 0) is 37.3 Å². The molecule has 0 aliphatic heterocycles. The molecule has 3 aromatic rings. The number of hydrogen-bond donors (Lipinski definition) is 1. The fourth-order valence-corrected chi connectivity index (χ4v) is 2.83. The van der Waals surface area contributed by atoms with Crippen molar-refractivity contribution in [3.8, 4) is 0 Å². The van der Waals surface area contributed by atoms with E-state index in [1.54, 1.807) is 18.2 Å². The minimum atomic E-state index is 0.567. The fraction of sp³-hybridized carbons (Fsp3) is 0.111. The van der Waals surface area contributed by atoms with Crippen LogP contribution in [-0.4, -0.2) is 17.0 Å². The molecule has 6 heteroatoms. The van der Waals surface area contributed by atoms with Crippen LogP contribution in [0.3, 0.4) is 0 Å². The van der Waals surface area contributed by atoms with Gasteiger partial charge in [0.05, 0.1) is 0 Å². The van der Waals surface area contributed by atoms with Crippen LogP contribution in [0, 0.1) is 6.92 Å². The summed E-state index contributed by atoms with van der Waals surface area (Å²) in [5, 5.41) is 4.36. The lowest BCUT2D eigenvalue weighted by molar-refractivity contribution is 1.02. The highest BCUT2D eigenvalue weighted by Crippen LogP contribution is 2.26. The third kappa shape index (κ3) is 3.96. The van der Waals surface area contributed by atoms with E-state index in [1.807, 2.05) is 55.3 Å². The van der Waals surface area contributed by atoms with E-state index >= 15 is 0 Å². The number of aryl methyl sites for hydroxylation is 1. The van der Waals surface area contributed by atoms with E-state index < -0.39 is 0 Å². The molecule has 0 atom stereocenters. The van der Waals surface area contributed by atoms with Crippen molar-refractivity contribution in [3.05, 3.63) is 70.3 Å². The minimum Gasteiger partial charge on any atom is -0.340 e. The third-order valence-corrected chi connectivity index (χ3v) is 3.86. The fourth-order valence-electron chi connectivity index (χ4n) is 2.31. The Morgan fingerprint density at radius 1 is 0.917 bits per heavy atom. The Morgan fingerprint density at radius 3 is 2.25 bits per heavy atom. The molecule has 0 radical (unpaired) electrons. The van der Waals surface area contributed by atoms with Gasteiger partial charge >= 0.3 is 0 Å². The predicted octanol–water partition coefficient (Wildman–Crippen LogP) is 5.60. The normalized spacial score (nSPS) is 10.5. The van der Waals surface area contributed by atoms with Crippen LogP contribution in [-0.2, 0) is 0 Å². The number of benzene rings is 2. The summed E-state index contributed by atoms with van der Waals surface area (Å²) in [7, 11) is 1.93. The Labute approximate surface area is 151 Å². The zero-order valence-corrected chi connectivity index (χ0v) is 14.8. The monoisotopic (exact) mass is 358 g/mol. The minimum absolute atomic E-state index is 0.567. The van der Waals surface area contributed by atoms with Crippen LogP contribution in [0.1, 0.15) is 5.69 Å². The summed E-state index contributed by atoms with van der Waals surface area (Å²) in [5.74, 6) is 1.29. The molecule has 0 spiro atoms. The molecule has 0 fully saturated rings. The molecule has 0 bridgehead atoms. The number of hydrogen-bond acceptors (Lipinski definition) is 4. The highest BCUT2D eigenvalue weighted by Gasteiger charge is 2.10. The van der Waals surface area contributed by atoms with Crippen LogP contribution in [0.5, 0.6) is 0 Å². The molecule has 0 aliphatic rings. The van der Waals surface area contributed by atoms with Crippen molar-refractivity contribution >= 4 is 46.3 Å². The maximum atomic E-state index is 6.04. The van der Waals surface area contributed by atoms with E-state index in [9.17, 15) is 0 Å². The molecule has 0 aliphatic carbocycles. The number of aromatic nitrogens is 2. The second-order valence-corrected chi connectivity index (χ2v) is 6.25. The largest absolute Gasteiger partial charge is 0.340 e. The second-order valence-electron chi connectivity index (χ2n) is 5.37. The highest BCUT2D eigenvalue weighted by molar-refractivity contribution is 6.35. The topological polar surface area (TPSA) is 41.1 Å². The number of rotatable bonds is 4. The van der Waals surface area contributed by atoms with Gasteiger partial charge in [-0.15, -0.1) is 0 Å². The smallest absolute Gasteiger partial charge is 0.231 e. The van der Waals surface area contributed by atoms with Crippen molar-refractivity contribution in [1.82, 2.24) is 9.97 Å². The number of halogens is 2. The van der Waals surface area contributed by atoms with Gasteiger partial charge in [0, 0.05) is 40.2 Å². The first kappa shape index (κ1) is 16.6. The molecule has 1 aromatic heterocycles. The molecule has 0 amide bonds. The van der Waals surface area contributed by atoms with E-state index in [0.717, 1.165) is 17.1 Å². The lowest BCUT2D eigenvalue weighted by Crippen LogP contribution is -2.14. The molecule has 0 saturated heterocycles. The van der Waals surface area contributed by atoms with Gasteiger partial charge in [-0.3, -0.25) is 0 Å². The Kier molecular flexibility index (Phi) is 4.88. The van der Waals surface area contributed by atoms with Crippen molar-refractivity contribution in [2.75, 3.05) is 17.3 Å². The van der Waals surface area contributed by atoms with Crippen LogP contribution in [0.15, 0.2) is 54.6 Å². The number of anilines is 4. The average Bonchev–Trinajstić information content (AvgIpc) is 2.53. The molecule has 2 aromatic carbocycles. The van der Waals surface area contributed by atoms with Gasteiger partial charge in [0.2, 0.25) is 5.95 Å². The van der Waals surface area contributed by atoms with Crippen molar-refractivity contribution < 1.29 is 0 Å². The van der Waals surface area contributed by atoms with E-state index in [2.05, 4.69) is 15.3 Å². The first-order valence-corrected chi connectivity index (χ1v) is 8.14. The number of nitrogens with zero attached hydrogens (tertiary/aromatic N) is 3. The highest BCUT2D eigenvalue weighted by atomic mass is 35.5. The van der Waals surface area contributed by atoms with Crippen LogP contribution in [0.2, 0.25) is 10.0 Å². The van der Waals surface area contributed by atoms with Crippen LogP contribution >= 0.6 is 23.2 Å². The molecular formula is C18H16Cl2N4. The zero-order chi connectivity index (χ0) is 17.1. The summed E-state index contributed by atoms with van der Waals surface area (Å²) in [6.45, 7) is 1.93. The summed E-state index contributed by atoms with van der Waals surface area (Å²) < 4.78 is 0. The molecule has 3 rings (SSSR count). The van der Waals surface area contributed by atoms with Gasteiger partial charge in [0.15, 0.2) is 0 Å². The van der Waals surface area contributed by atoms with Crippen molar-refractivity contribution in [3.63, 3.8) is 0 Å². The van der Waals surface area contributed by atoms with Gasteiger partial charge in [-0.2, -0.15) is 4.98 Å². The van der Waals surface area contributed by atoms with Crippen molar-refractivity contribution in [2.45, 2.75) is 6.92 Å². The molecule has 24 heavy (non-hydrogen) atoms. The van der Waals surface area contributed by atoms with Gasteiger partial charge in [-0.1, -0.05) is 41.4 Å². The molecule has 1 N–H and O–H groups in total. The average molecular weight is 359 g/mol. The molecule has 4 nitrogen and oxygen atoms in total. The molecule has 1 heterocycles. The maximum Gasteiger partial charge on any atom is 0.231 e.